The van der Waals surface area contributed by atoms with Gasteiger partial charge in [0.25, 0.3) is 5.91 Å². The average Bonchev–Trinajstić information content (AvgIpc) is 2.59. The van der Waals surface area contributed by atoms with Crippen molar-refractivity contribution in [1.29, 1.82) is 0 Å². The van der Waals surface area contributed by atoms with Crippen LogP contribution in [0.15, 0.2) is 47.4 Å². The summed E-state index contributed by atoms with van der Waals surface area (Å²) in [6.45, 7) is -0.446. The van der Waals surface area contributed by atoms with Crippen molar-refractivity contribution in [2.24, 2.45) is 0 Å². The first-order valence-corrected chi connectivity index (χ1v) is 8.62. The van der Waals surface area contributed by atoms with E-state index in [1.54, 1.807) is 36.4 Å². The molecular formula is C17H15ClFNO3S. The predicted octanol–water partition coefficient (Wildman–Crippen LogP) is 3.67. The second-order valence-electron chi connectivity index (χ2n) is 4.79. The molecule has 0 aliphatic rings. The highest BCUT2D eigenvalue weighted by Crippen LogP contribution is 2.23. The Bertz CT molecular complexity index is 754. The van der Waals surface area contributed by atoms with Gasteiger partial charge in [0.15, 0.2) is 6.61 Å². The van der Waals surface area contributed by atoms with Gasteiger partial charge < -0.3 is 10.1 Å². The number of esters is 1. The molecule has 126 valence electrons. The molecule has 0 spiro atoms. The molecule has 1 N–H and O–H groups in total. The summed E-state index contributed by atoms with van der Waals surface area (Å²) in [6.07, 6.45) is 1.87. The number of carbonyl (C=O) groups is 2. The number of ether oxygens (including phenoxy) is 1. The summed E-state index contributed by atoms with van der Waals surface area (Å²) >= 11 is 7.43. The number of amides is 1. The average molecular weight is 368 g/mol. The molecule has 2 aromatic rings. The van der Waals surface area contributed by atoms with Gasteiger partial charge in [-0.05, 0) is 30.5 Å². The lowest BCUT2D eigenvalue weighted by Gasteiger charge is -2.09. The number of nitrogens with one attached hydrogen (secondary N) is 1. The Balaban J connectivity index is 1.87. The van der Waals surface area contributed by atoms with E-state index >= 15 is 0 Å². The van der Waals surface area contributed by atoms with Crippen LogP contribution in [0.5, 0.6) is 0 Å². The fourth-order valence-electron chi connectivity index (χ4n) is 1.88. The highest BCUT2D eigenvalue weighted by Gasteiger charge is 2.14. The lowest BCUT2D eigenvalue weighted by molar-refractivity contribution is -0.124. The second kappa shape index (κ2) is 8.70. The number of hydrogen-bond donors (Lipinski definition) is 1. The van der Waals surface area contributed by atoms with Crippen LogP contribution in [-0.4, -0.2) is 24.7 Å². The summed E-state index contributed by atoms with van der Waals surface area (Å²) in [7, 11) is 0. The summed E-state index contributed by atoms with van der Waals surface area (Å²) in [4.78, 5) is 24.6. The molecule has 24 heavy (non-hydrogen) atoms. The molecule has 7 heteroatoms. The molecule has 2 aromatic carbocycles. The van der Waals surface area contributed by atoms with Gasteiger partial charge in [-0.15, -0.1) is 11.8 Å². The summed E-state index contributed by atoms with van der Waals surface area (Å²) in [5.74, 6) is -1.61. The molecule has 0 aliphatic carbocycles. The minimum absolute atomic E-state index is 0.0196. The van der Waals surface area contributed by atoms with Crippen LogP contribution in [-0.2, 0) is 16.1 Å². The zero-order valence-electron chi connectivity index (χ0n) is 12.8. The van der Waals surface area contributed by atoms with Crippen LogP contribution < -0.4 is 5.32 Å². The molecule has 4 nitrogen and oxygen atoms in total. The number of thioether (sulfide) groups is 1. The molecule has 0 bridgehead atoms. The number of rotatable bonds is 6. The third-order valence-electron chi connectivity index (χ3n) is 3.16. The standard InChI is InChI=1S/C17H15ClFNO3S/c1-24-12-6-7-14(18)13(8-12)17(22)23-10-16(21)20-9-11-4-2-3-5-15(11)19/h2-8H,9-10H2,1H3,(H,20,21). The molecule has 0 saturated carbocycles. The van der Waals surface area contributed by atoms with E-state index in [9.17, 15) is 14.0 Å². The van der Waals surface area contributed by atoms with Crippen molar-refractivity contribution in [3.8, 4) is 0 Å². The Labute approximate surface area is 148 Å². The van der Waals surface area contributed by atoms with Crippen LogP contribution in [0.3, 0.4) is 0 Å². The van der Waals surface area contributed by atoms with Crippen molar-refractivity contribution in [2.45, 2.75) is 11.4 Å². The Kier molecular flexibility index (Phi) is 6.63. The minimum Gasteiger partial charge on any atom is -0.452 e. The SMILES string of the molecule is CSc1ccc(Cl)c(C(=O)OCC(=O)NCc2ccccc2F)c1. The second-order valence-corrected chi connectivity index (χ2v) is 6.08. The van der Waals surface area contributed by atoms with Gasteiger partial charge in [-0.25, -0.2) is 9.18 Å². The molecule has 0 aromatic heterocycles. The maximum absolute atomic E-state index is 13.4. The number of carbonyl (C=O) groups excluding carboxylic acids is 2. The summed E-state index contributed by atoms with van der Waals surface area (Å²) in [5.41, 5.74) is 0.554. The first kappa shape index (κ1) is 18.3. The highest BCUT2D eigenvalue weighted by atomic mass is 35.5. The minimum atomic E-state index is -0.683. The van der Waals surface area contributed by atoms with Crippen molar-refractivity contribution < 1.29 is 18.7 Å². The molecule has 0 saturated heterocycles. The third-order valence-corrected chi connectivity index (χ3v) is 4.22. The van der Waals surface area contributed by atoms with E-state index in [4.69, 9.17) is 16.3 Å². The maximum atomic E-state index is 13.4. The summed E-state index contributed by atoms with van der Waals surface area (Å²) in [6, 6.07) is 11.1. The predicted molar refractivity (Wildman–Crippen MR) is 91.8 cm³/mol. The van der Waals surface area contributed by atoms with Gasteiger partial charge in [0.2, 0.25) is 0 Å². The zero-order valence-corrected chi connectivity index (χ0v) is 14.4. The van der Waals surface area contributed by atoms with E-state index in [-0.39, 0.29) is 17.1 Å². The van der Waals surface area contributed by atoms with Crippen LogP contribution in [0.1, 0.15) is 15.9 Å². The quantitative estimate of drug-likeness (QED) is 0.625. The lowest BCUT2D eigenvalue weighted by Crippen LogP contribution is -2.28. The van der Waals surface area contributed by atoms with E-state index < -0.39 is 24.3 Å². The van der Waals surface area contributed by atoms with Gasteiger partial charge in [0.05, 0.1) is 10.6 Å². The van der Waals surface area contributed by atoms with Gasteiger partial charge in [0, 0.05) is 17.0 Å². The van der Waals surface area contributed by atoms with Gasteiger partial charge in [-0.2, -0.15) is 0 Å². The van der Waals surface area contributed by atoms with Crippen molar-refractivity contribution in [3.05, 3.63) is 64.4 Å². The van der Waals surface area contributed by atoms with Gasteiger partial charge in [0.1, 0.15) is 5.82 Å². The Morgan fingerprint density at radius 1 is 1.25 bits per heavy atom. The van der Waals surface area contributed by atoms with Gasteiger partial charge in [-0.3, -0.25) is 4.79 Å². The molecule has 0 heterocycles. The highest BCUT2D eigenvalue weighted by molar-refractivity contribution is 7.98. The van der Waals surface area contributed by atoms with E-state index in [0.29, 0.717) is 5.56 Å². The van der Waals surface area contributed by atoms with Gasteiger partial charge in [-0.1, -0.05) is 29.8 Å². The summed E-state index contributed by atoms with van der Waals surface area (Å²) in [5, 5.41) is 2.74. The Hall–Kier alpha value is -2.05. The topological polar surface area (TPSA) is 55.4 Å². The molecule has 0 radical (unpaired) electrons. The van der Waals surface area contributed by atoms with E-state index in [0.717, 1.165) is 4.90 Å². The van der Waals surface area contributed by atoms with Gasteiger partial charge >= 0.3 is 5.97 Å². The molecule has 0 fully saturated rings. The molecule has 2 rings (SSSR count). The monoisotopic (exact) mass is 367 g/mol. The smallest absolute Gasteiger partial charge is 0.340 e. The Morgan fingerprint density at radius 2 is 2.00 bits per heavy atom. The maximum Gasteiger partial charge on any atom is 0.340 e. The number of halogens is 2. The largest absolute Gasteiger partial charge is 0.452 e. The van der Waals surface area contributed by atoms with E-state index in [2.05, 4.69) is 5.32 Å². The van der Waals surface area contributed by atoms with Crippen molar-refractivity contribution >= 4 is 35.2 Å². The normalized spacial score (nSPS) is 10.3. The Morgan fingerprint density at radius 3 is 2.71 bits per heavy atom. The summed E-state index contributed by atoms with van der Waals surface area (Å²) < 4.78 is 18.4. The van der Waals surface area contributed by atoms with E-state index in [1.807, 2.05) is 6.26 Å². The van der Waals surface area contributed by atoms with Crippen LogP contribution in [0.4, 0.5) is 4.39 Å². The van der Waals surface area contributed by atoms with Crippen molar-refractivity contribution in [1.82, 2.24) is 5.32 Å². The third kappa shape index (κ3) is 4.97. The molecule has 0 unspecified atom stereocenters. The van der Waals surface area contributed by atoms with Crippen LogP contribution in [0.25, 0.3) is 0 Å². The molecule has 0 atom stereocenters. The fraction of sp³-hybridized carbons (Fsp3) is 0.176. The van der Waals surface area contributed by atoms with Crippen LogP contribution in [0.2, 0.25) is 5.02 Å². The van der Waals surface area contributed by atoms with Crippen LogP contribution in [0, 0.1) is 5.82 Å². The van der Waals surface area contributed by atoms with Crippen LogP contribution >= 0.6 is 23.4 Å². The first-order chi connectivity index (χ1) is 11.5. The van der Waals surface area contributed by atoms with E-state index in [1.165, 1.54) is 17.8 Å². The lowest BCUT2D eigenvalue weighted by atomic mass is 10.2. The fourth-order valence-corrected chi connectivity index (χ4v) is 2.52. The first-order valence-electron chi connectivity index (χ1n) is 7.02. The molecular weight excluding hydrogens is 353 g/mol. The molecule has 0 aliphatic heterocycles. The molecule has 1 amide bonds. The zero-order chi connectivity index (χ0) is 17.5. The number of benzene rings is 2. The number of hydrogen-bond acceptors (Lipinski definition) is 4. The van der Waals surface area contributed by atoms with Crippen molar-refractivity contribution in [3.63, 3.8) is 0 Å². The van der Waals surface area contributed by atoms with Crippen molar-refractivity contribution in [2.75, 3.05) is 12.9 Å².